The van der Waals surface area contributed by atoms with Crippen molar-refractivity contribution < 1.29 is 9.53 Å². The van der Waals surface area contributed by atoms with Gasteiger partial charge >= 0.3 is 0 Å². The number of ether oxygens (including phenoxy) is 1. The van der Waals surface area contributed by atoms with Crippen molar-refractivity contribution in [3.05, 3.63) is 58.1 Å². The number of halogens is 1. The minimum absolute atomic E-state index is 0.0179. The van der Waals surface area contributed by atoms with Gasteiger partial charge in [-0.25, -0.2) is 0 Å². The average molecular weight is 376 g/mol. The smallest absolute Gasteiger partial charge is 0.262 e. The second-order valence-electron chi connectivity index (χ2n) is 5.73. The Kier molecular flexibility index (Phi) is 6.22. The first-order valence-electron chi connectivity index (χ1n) is 7.80. The highest BCUT2D eigenvalue weighted by molar-refractivity contribution is 9.10. The van der Waals surface area contributed by atoms with E-state index in [0.717, 1.165) is 16.6 Å². The van der Waals surface area contributed by atoms with E-state index in [9.17, 15) is 4.79 Å². The molecule has 2 aromatic carbocycles. The van der Waals surface area contributed by atoms with Crippen molar-refractivity contribution in [2.24, 2.45) is 0 Å². The highest BCUT2D eigenvalue weighted by Crippen LogP contribution is 2.26. The van der Waals surface area contributed by atoms with Gasteiger partial charge in [-0.3, -0.25) is 4.79 Å². The minimum Gasteiger partial charge on any atom is -0.483 e. The fourth-order valence-corrected chi connectivity index (χ4v) is 2.71. The number of anilines is 1. The molecular formula is C19H22BrNO2. The van der Waals surface area contributed by atoms with Gasteiger partial charge in [0.05, 0.1) is 4.47 Å². The maximum Gasteiger partial charge on any atom is 0.262 e. The SMILES string of the molecule is CCc1ccc(OCC(=O)Nc2ccc(C(C)C)cc2)c(Br)c1. The number of nitrogens with one attached hydrogen (secondary N) is 1. The van der Waals surface area contributed by atoms with Gasteiger partial charge in [-0.15, -0.1) is 0 Å². The third-order valence-corrected chi connectivity index (χ3v) is 4.24. The Balaban J connectivity index is 1.90. The summed E-state index contributed by atoms with van der Waals surface area (Å²) in [6, 6.07) is 13.8. The van der Waals surface area contributed by atoms with E-state index in [-0.39, 0.29) is 12.5 Å². The molecule has 0 unspecified atom stereocenters. The van der Waals surface area contributed by atoms with Crippen LogP contribution in [0.15, 0.2) is 46.9 Å². The molecule has 0 saturated carbocycles. The van der Waals surface area contributed by atoms with E-state index < -0.39 is 0 Å². The van der Waals surface area contributed by atoms with Gasteiger partial charge in [-0.05, 0) is 63.7 Å². The normalized spacial score (nSPS) is 10.7. The van der Waals surface area contributed by atoms with Gasteiger partial charge in [0, 0.05) is 5.69 Å². The van der Waals surface area contributed by atoms with Crippen molar-refractivity contribution in [1.29, 1.82) is 0 Å². The zero-order chi connectivity index (χ0) is 16.8. The molecular weight excluding hydrogens is 354 g/mol. The maximum absolute atomic E-state index is 12.0. The number of hydrogen-bond donors (Lipinski definition) is 1. The van der Waals surface area contributed by atoms with Crippen molar-refractivity contribution in [3.63, 3.8) is 0 Å². The Hall–Kier alpha value is -1.81. The van der Waals surface area contributed by atoms with Crippen LogP contribution in [0, 0.1) is 0 Å². The topological polar surface area (TPSA) is 38.3 Å². The first kappa shape index (κ1) is 17.5. The molecule has 0 radical (unpaired) electrons. The maximum atomic E-state index is 12.0. The predicted molar refractivity (Wildman–Crippen MR) is 98.2 cm³/mol. The summed E-state index contributed by atoms with van der Waals surface area (Å²) in [5, 5.41) is 2.84. The number of carbonyl (C=O) groups is 1. The Morgan fingerprint density at radius 1 is 1.17 bits per heavy atom. The first-order valence-corrected chi connectivity index (χ1v) is 8.60. The Morgan fingerprint density at radius 3 is 2.43 bits per heavy atom. The van der Waals surface area contributed by atoms with Crippen molar-refractivity contribution >= 4 is 27.5 Å². The van der Waals surface area contributed by atoms with Crippen LogP contribution < -0.4 is 10.1 Å². The lowest BCUT2D eigenvalue weighted by atomic mass is 10.0. The third-order valence-electron chi connectivity index (χ3n) is 3.62. The predicted octanol–water partition coefficient (Wildman–Crippen LogP) is 5.15. The number of amides is 1. The zero-order valence-corrected chi connectivity index (χ0v) is 15.3. The van der Waals surface area contributed by atoms with E-state index in [4.69, 9.17) is 4.74 Å². The van der Waals surface area contributed by atoms with E-state index >= 15 is 0 Å². The Labute approximate surface area is 146 Å². The first-order chi connectivity index (χ1) is 11.0. The lowest BCUT2D eigenvalue weighted by Crippen LogP contribution is -2.20. The Bertz CT molecular complexity index is 666. The second-order valence-corrected chi connectivity index (χ2v) is 6.59. The van der Waals surface area contributed by atoms with E-state index in [1.807, 2.05) is 42.5 Å². The summed E-state index contributed by atoms with van der Waals surface area (Å²) < 4.78 is 6.44. The number of carbonyl (C=O) groups excluding carboxylic acids is 1. The molecule has 23 heavy (non-hydrogen) atoms. The van der Waals surface area contributed by atoms with Crippen molar-refractivity contribution in [2.75, 3.05) is 11.9 Å². The molecule has 122 valence electrons. The highest BCUT2D eigenvalue weighted by Gasteiger charge is 2.07. The molecule has 2 rings (SSSR count). The van der Waals surface area contributed by atoms with Crippen LogP contribution in [0.2, 0.25) is 0 Å². The van der Waals surface area contributed by atoms with Crippen LogP contribution >= 0.6 is 15.9 Å². The van der Waals surface area contributed by atoms with Crippen LogP contribution in [0.1, 0.15) is 37.8 Å². The molecule has 0 atom stereocenters. The second kappa shape index (κ2) is 8.16. The van der Waals surface area contributed by atoms with Crippen LogP contribution in [-0.2, 0) is 11.2 Å². The van der Waals surface area contributed by atoms with Gasteiger partial charge in [0.1, 0.15) is 5.75 Å². The molecule has 0 aliphatic carbocycles. The fourth-order valence-electron chi connectivity index (χ4n) is 2.17. The number of rotatable bonds is 6. The van der Waals surface area contributed by atoms with Crippen molar-refractivity contribution in [1.82, 2.24) is 0 Å². The van der Waals surface area contributed by atoms with Crippen LogP contribution in [0.5, 0.6) is 5.75 Å². The molecule has 1 N–H and O–H groups in total. The van der Waals surface area contributed by atoms with Crippen LogP contribution in [0.25, 0.3) is 0 Å². The molecule has 0 heterocycles. The summed E-state index contributed by atoms with van der Waals surface area (Å²) in [6.07, 6.45) is 0.964. The molecule has 0 aliphatic heterocycles. The third kappa shape index (κ3) is 5.10. The van der Waals surface area contributed by atoms with E-state index in [1.54, 1.807) is 0 Å². The molecule has 0 aromatic heterocycles. The van der Waals surface area contributed by atoms with Crippen LogP contribution in [0.4, 0.5) is 5.69 Å². The van der Waals surface area contributed by atoms with Gasteiger partial charge in [0.15, 0.2) is 6.61 Å². The molecule has 0 aliphatic rings. The average Bonchev–Trinajstić information content (AvgIpc) is 2.54. The summed E-state index contributed by atoms with van der Waals surface area (Å²) >= 11 is 3.47. The fraction of sp³-hybridized carbons (Fsp3) is 0.316. The minimum atomic E-state index is -0.172. The summed E-state index contributed by atoms with van der Waals surface area (Å²) in [5.74, 6) is 0.979. The molecule has 3 nitrogen and oxygen atoms in total. The molecule has 4 heteroatoms. The summed E-state index contributed by atoms with van der Waals surface area (Å²) in [5.41, 5.74) is 3.25. The van der Waals surface area contributed by atoms with Crippen LogP contribution in [0.3, 0.4) is 0 Å². The molecule has 0 bridgehead atoms. The zero-order valence-electron chi connectivity index (χ0n) is 13.7. The molecule has 2 aromatic rings. The standard InChI is InChI=1S/C19H22BrNO2/c1-4-14-5-10-18(17(20)11-14)23-12-19(22)21-16-8-6-15(7-9-16)13(2)3/h5-11,13H,4,12H2,1-3H3,(H,21,22). The lowest BCUT2D eigenvalue weighted by Gasteiger charge is -2.11. The van der Waals surface area contributed by atoms with Crippen molar-refractivity contribution in [3.8, 4) is 5.75 Å². The van der Waals surface area contributed by atoms with Gasteiger partial charge in [0.2, 0.25) is 0 Å². The molecule has 0 fully saturated rings. The largest absolute Gasteiger partial charge is 0.483 e. The number of benzene rings is 2. The molecule has 0 saturated heterocycles. The number of hydrogen-bond acceptors (Lipinski definition) is 2. The van der Waals surface area contributed by atoms with Gasteiger partial charge in [-0.2, -0.15) is 0 Å². The van der Waals surface area contributed by atoms with E-state index in [2.05, 4.69) is 42.0 Å². The van der Waals surface area contributed by atoms with E-state index in [0.29, 0.717) is 11.7 Å². The van der Waals surface area contributed by atoms with Crippen molar-refractivity contribution in [2.45, 2.75) is 33.1 Å². The van der Waals surface area contributed by atoms with Gasteiger partial charge < -0.3 is 10.1 Å². The number of aryl methyl sites for hydroxylation is 1. The van der Waals surface area contributed by atoms with Crippen LogP contribution in [-0.4, -0.2) is 12.5 Å². The summed E-state index contributed by atoms with van der Waals surface area (Å²) in [7, 11) is 0. The quantitative estimate of drug-likeness (QED) is 0.757. The molecule has 1 amide bonds. The summed E-state index contributed by atoms with van der Waals surface area (Å²) in [4.78, 5) is 12.0. The summed E-state index contributed by atoms with van der Waals surface area (Å²) in [6.45, 7) is 6.36. The van der Waals surface area contributed by atoms with Gasteiger partial charge in [0.25, 0.3) is 5.91 Å². The molecule has 0 spiro atoms. The lowest BCUT2D eigenvalue weighted by molar-refractivity contribution is -0.118. The van der Waals surface area contributed by atoms with E-state index in [1.165, 1.54) is 11.1 Å². The highest BCUT2D eigenvalue weighted by atomic mass is 79.9. The monoisotopic (exact) mass is 375 g/mol. The Morgan fingerprint density at radius 2 is 1.87 bits per heavy atom. The van der Waals surface area contributed by atoms with Gasteiger partial charge in [-0.1, -0.05) is 39.0 Å².